The van der Waals surface area contributed by atoms with Crippen LogP contribution in [0.1, 0.15) is 38.8 Å². The number of para-hydroxylation sites is 2. The SMILES string of the molecule is CCCSc1nc2n(n1)C(c1cc(OC)c(O)c([N+](=O)[O-])c1)C(C(=O)Nc1ccccc1OCC)=C(C)N2. The van der Waals surface area contributed by atoms with Crippen LogP contribution < -0.4 is 20.1 Å². The number of hydrogen-bond donors (Lipinski definition) is 3. The second-order valence-corrected chi connectivity index (χ2v) is 9.37. The number of nitro groups is 1. The van der Waals surface area contributed by atoms with Crippen molar-refractivity contribution in [3.8, 4) is 17.2 Å². The monoisotopic (exact) mass is 540 g/mol. The smallest absolute Gasteiger partial charge is 0.315 e. The summed E-state index contributed by atoms with van der Waals surface area (Å²) in [5.74, 6) is 0.502. The van der Waals surface area contributed by atoms with Crippen LogP contribution in [0.15, 0.2) is 52.8 Å². The van der Waals surface area contributed by atoms with Crippen LogP contribution in [0.3, 0.4) is 0 Å². The zero-order valence-electron chi connectivity index (χ0n) is 21.3. The van der Waals surface area contributed by atoms with Crippen molar-refractivity contribution in [1.29, 1.82) is 0 Å². The minimum Gasteiger partial charge on any atom is -0.500 e. The summed E-state index contributed by atoms with van der Waals surface area (Å²) < 4.78 is 12.4. The molecule has 0 spiro atoms. The van der Waals surface area contributed by atoms with Crippen molar-refractivity contribution in [3.05, 3.63) is 63.3 Å². The van der Waals surface area contributed by atoms with E-state index in [-0.39, 0.29) is 11.3 Å². The van der Waals surface area contributed by atoms with E-state index in [9.17, 15) is 20.0 Å². The molecule has 0 aliphatic carbocycles. The van der Waals surface area contributed by atoms with Crippen molar-refractivity contribution < 1.29 is 24.3 Å². The van der Waals surface area contributed by atoms with Gasteiger partial charge in [-0.3, -0.25) is 14.9 Å². The van der Waals surface area contributed by atoms with Gasteiger partial charge in [0.25, 0.3) is 5.91 Å². The Labute approximate surface area is 223 Å². The van der Waals surface area contributed by atoms with Crippen LogP contribution in [0.4, 0.5) is 17.3 Å². The van der Waals surface area contributed by atoms with E-state index in [1.165, 1.54) is 35.7 Å². The maximum Gasteiger partial charge on any atom is 0.315 e. The molecular formula is C25H28N6O6S. The predicted octanol–water partition coefficient (Wildman–Crippen LogP) is 4.73. The summed E-state index contributed by atoms with van der Waals surface area (Å²) >= 11 is 1.46. The average Bonchev–Trinajstić information content (AvgIpc) is 3.30. The van der Waals surface area contributed by atoms with E-state index in [0.29, 0.717) is 40.4 Å². The number of thioether (sulfide) groups is 1. The summed E-state index contributed by atoms with van der Waals surface area (Å²) in [4.78, 5) is 29.4. The number of carbonyl (C=O) groups excluding carboxylic acids is 1. The zero-order chi connectivity index (χ0) is 27.4. The van der Waals surface area contributed by atoms with Gasteiger partial charge in [-0.25, -0.2) is 4.68 Å². The van der Waals surface area contributed by atoms with Crippen molar-refractivity contribution in [3.63, 3.8) is 0 Å². The van der Waals surface area contributed by atoms with Crippen LogP contribution in [-0.4, -0.2) is 50.2 Å². The van der Waals surface area contributed by atoms with Gasteiger partial charge in [0.15, 0.2) is 5.75 Å². The largest absolute Gasteiger partial charge is 0.500 e. The first-order valence-corrected chi connectivity index (χ1v) is 12.9. The Kier molecular flexibility index (Phi) is 8.05. The number of aromatic hydroxyl groups is 1. The molecule has 0 fully saturated rings. The Morgan fingerprint density at radius 2 is 2.05 bits per heavy atom. The van der Waals surface area contributed by atoms with Crippen LogP contribution in [0.25, 0.3) is 0 Å². The number of rotatable bonds is 10. The molecule has 2 aromatic carbocycles. The number of allylic oxidation sites excluding steroid dienone is 1. The second-order valence-electron chi connectivity index (χ2n) is 8.31. The van der Waals surface area contributed by atoms with Gasteiger partial charge >= 0.3 is 5.69 Å². The molecule has 3 aromatic rings. The van der Waals surface area contributed by atoms with Crippen molar-refractivity contribution in [2.24, 2.45) is 0 Å². The third-order valence-corrected chi connectivity index (χ3v) is 6.80. The van der Waals surface area contributed by atoms with Gasteiger partial charge in [-0.15, -0.1) is 5.10 Å². The number of nitrogens with one attached hydrogen (secondary N) is 2. The topological polar surface area (TPSA) is 154 Å². The second kappa shape index (κ2) is 11.4. The Bertz CT molecular complexity index is 1400. The number of amides is 1. The number of phenolic OH excluding ortho intramolecular Hbond substituents is 1. The number of carbonyl (C=O) groups is 1. The number of benzene rings is 2. The molecule has 1 aliphatic heterocycles. The van der Waals surface area contributed by atoms with Gasteiger partial charge in [0, 0.05) is 17.5 Å². The molecule has 13 heteroatoms. The predicted molar refractivity (Wildman–Crippen MR) is 143 cm³/mol. The summed E-state index contributed by atoms with van der Waals surface area (Å²) in [7, 11) is 1.30. The number of aromatic nitrogens is 3. The third-order valence-electron chi connectivity index (χ3n) is 5.76. The highest BCUT2D eigenvalue weighted by molar-refractivity contribution is 7.99. The Hall–Kier alpha value is -4.26. The van der Waals surface area contributed by atoms with Crippen molar-refractivity contribution in [2.75, 3.05) is 30.1 Å². The van der Waals surface area contributed by atoms with E-state index >= 15 is 0 Å². The first-order chi connectivity index (χ1) is 18.3. The van der Waals surface area contributed by atoms with Crippen LogP contribution in [0.5, 0.6) is 17.2 Å². The van der Waals surface area contributed by atoms with Crippen molar-refractivity contribution in [2.45, 2.75) is 38.4 Å². The van der Waals surface area contributed by atoms with Crippen LogP contribution in [0.2, 0.25) is 0 Å². The normalized spacial score (nSPS) is 14.5. The molecule has 0 radical (unpaired) electrons. The summed E-state index contributed by atoms with van der Waals surface area (Å²) in [6, 6.07) is 8.80. The molecule has 2 heterocycles. The van der Waals surface area contributed by atoms with Gasteiger partial charge in [0.05, 0.1) is 29.9 Å². The number of anilines is 2. The van der Waals surface area contributed by atoms with Crippen molar-refractivity contribution in [1.82, 2.24) is 14.8 Å². The first-order valence-electron chi connectivity index (χ1n) is 11.9. The highest BCUT2D eigenvalue weighted by Gasteiger charge is 2.36. The Balaban J connectivity index is 1.86. The van der Waals surface area contributed by atoms with E-state index < -0.39 is 28.3 Å². The number of hydrogen-bond acceptors (Lipinski definition) is 10. The van der Waals surface area contributed by atoms with Crippen LogP contribution in [0, 0.1) is 10.1 Å². The summed E-state index contributed by atoms with van der Waals surface area (Å²) in [5, 5.41) is 33.3. The maximum atomic E-state index is 13.8. The molecule has 0 bridgehead atoms. The number of nitrogens with zero attached hydrogens (tertiary/aromatic N) is 4. The zero-order valence-corrected chi connectivity index (χ0v) is 22.2. The molecule has 1 amide bonds. The molecule has 1 unspecified atom stereocenters. The quantitative estimate of drug-likeness (QED) is 0.187. The number of phenols is 1. The fraction of sp³-hybridized carbons (Fsp3) is 0.320. The third kappa shape index (κ3) is 5.23. The van der Waals surface area contributed by atoms with Gasteiger partial charge in [-0.1, -0.05) is 30.8 Å². The molecular weight excluding hydrogens is 512 g/mol. The van der Waals surface area contributed by atoms with Crippen molar-refractivity contribution >= 4 is 35.0 Å². The lowest BCUT2D eigenvalue weighted by Crippen LogP contribution is -2.31. The molecule has 1 aliphatic rings. The van der Waals surface area contributed by atoms with E-state index in [0.717, 1.165) is 12.2 Å². The molecule has 200 valence electrons. The molecule has 38 heavy (non-hydrogen) atoms. The van der Waals surface area contributed by atoms with E-state index in [4.69, 9.17) is 9.47 Å². The molecule has 3 N–H and O–H groups in total. The lowest BCUT2D eigenvalue weighted by Gasteiger charge is -2.29. The Morgan fingerprint density at radius 1 is 1.29 bits per heavy atom. The molecule has 0 saturated carbocycles. The van der Waals surface area contributed by atoms with E-state index in [2.05, 4.69) is 20.7 Å². The summed E-state index contributed by atoms with van der Waals surface area (Å²) in [6.07, 6.45) is 0.914. The fourth-order valence-corrected chi connectivity index (χ4v) is 4.78. The maximum absolute atomic E-state index is 13.8. The van der Waals surface area contributed by atoms with Gasteiger partial charge in [0.1, 0.15) is 11.8 Å². The summed E-state index contributed by atoms with van der Waals surface area (Å²) in [6.45, 7) is 6.02. The number of fused-ring (bicyclic) bond motifs is 1. The van der Waals surface area contributed by atoms with Gasteiger partial charge < -0.3 is 25.2 Å². The van der Waals surface area contributed by atoms with Crippen LogP contribution in [-0.2, 0) is 4.79 Å². The molecule has 0 saturated heterocycles. The minimum absolute atomic E-state index is 0.103. The van der Waals surface area contributed by atoms with Gasteiger partial charge in [-0.05, 0) is 44.0 Å². The number of nitro benzene ring substituents is 1. The Morgan fingerprint density at radius 3 is 2.74 bits per heavy atom. The molecule has 1 atom stereocenters. The first kappa shape index (κ1) is 26.8. The standard InChI is InChI=1S/C25H28N6O6S/c1-5-11-38-25-28-24-26-14(3)20(23(33)27-16-9-7-8-10-18(16)37-6-2)21(30(24)29-25)15-12-17(31(34)35)22(32)19(13-15)36-4/h7-10,12-13,21,32H,5-6,11H2,1-4H3,(H,27,33)(H,26,28,29). The minimum atomic E-state index is -0.915. The highest BCUT2D eigenvalue weighted by Crippen LogP contribution is 2.43. The number of methoxy groups -OCH3 is 1. The average molecular weight is 541 g/mol. The summed E-state index contributed by atoms with van der Waals surface area (Å²) in [5.41, 5.74) is 0.968. The lowest BCUT2D eigenvalue weighted by atomic mass is 9.94. The van der Waals surface area contributed by atoms with E-state index in [1.807, 2.05) is 13.8 Å². The molecule has 12 nitrogen and oxygen atoms in total. The molecule has 4 rings (SSSR count). The number of ether oxygens (including phenoxy) is 2. The van der Waals surface area contributed by atoms with E-state index in [1.54, 1.807) is 31.2 Å². The van der Waals surface area contributed by atoms with Gasteiger partial charge in [-0.2, -0.15) is 4.98 Å². The molecule has 1 aromatic heterocycles. The van der Waals surface area contributed by atoms with Gasteiger partial charge in [0.2, 0.25) is 16.9 Å². The van der Waals surface area contributed by atoms with Crippen LogP contribution >= 0.6 is 11.8 Å². The lowest BCUT2D eigenvalue weighted by molar-refractivity contribution is -0.386. The fourth-order valence-electron chi connectivity index (χ4n) is 4.10. The highest BCUT2D eigenvalue weighted by atomic mass is 32.2.